The summed E-state index contributed by atoms with van der Waals surface area (Å²) in [5, 5.41) is 0. The van der Waals surface area contributed by atoms with Gasteiger partial charge in [-0.15, -0.1) is 0 Å². The average molecular weight is 315 g/mol. The lowest BCUT2D eigenvalue weighted by Crippen LogP contribution is -2.24. The van der Waals surface area contributed by atoms with E-state index in [0.717, 1.165) is 0 Å². The lowest BCUT2D eigenvalue weighted by atomic mass is 10.2. The zero-order valence-corrected chi connectivity index (χ0v) is 12.1. The number of hydrogen-bond donors (Lipinski definition) is 0. The first-order valence-corrected chi connectivity index (χ1v) is 8.18. The van der Waals surface area contributed by atoms with E-state index in [1.807, 2.05) is 0 Å². The van der Waals surface area contributed by atoms with E-state index in [0.29, 0.717) is 25.7 Å². The molecule has 1 aliphatic rings. The zero-order valence-electron chi connectivity index (χ0n) is 9.69. The van der Waals surface area contributed by atoms with Crippen LogP contribution >= 0.6 is 15.9 Å². The van der Waals surface area contributed by atoms with E-state index in [2.05, 4.69) is 29.8 Å². The summed E-state index contributed by atoms with van der Waals surface area (Å²) < 4.78 is 33.4. The molecule has 0 N–H and O–H groups in total. The number of ether oxygens (including phenoxy) is 2. The molecule has 1 saturated heterocycles. The molecule has 4 nitrogen and oxygen atoms in total. The first kappa shape index (κ1) is 14.4. The van der Waals surface area contributed by atoms with Crippen molar-refractivity contribution >= 4 is 25.8 Å². The molecule has 6 heteroatoms. The van der Waals surface area contributed by atoms with Gasteiger partial charge >= 0.3 is 0 Å². The fraction of sp³-hybridized carbons (Fsp3) is 1.00. The van der Waals surface area contributed by atoms with Crippen LogP contribution in [0, 0.1) is 5.92 Å². The Labute approximate surface area is 106 Å². The number of sulfone groups is 1. The molecule has 16 heavy (non-hydrogen) atoms. The quantitative estimate of drug-likeness (QED) is 0.547. The first-order chi connectivity index (χ1) is 7.41. The maximum atomic E-state index is 11.3. The average Bonchev–Trinajstić information content (AvgIpc) is 2.38. The third kappa shape index (κ3) is 5.12. The van der Waals surface area contributed by atoms with Crippen molar-refractivity contribution in [1.82, 2.24) is 0 Å². The molecular weight excluding hydrogens is 296 g/mol. The Morgan fingerprint density at radius 3 is 2.50 bits per heavy atom. The highest BCUT2D eigenvalue weighted by molar-refractivity contribution is 9.09. The Kier molecular flexibility index (Phi) is 5.70. The fourth-order valence-electron chi connectivity index (χ4n) is 1.50. The SMILES string of the molecule is CC(C)COCCOC1CS(=O)(=O)CC1Br. The van der Waals surface area contributed by atoms with Crippen molar-refractivity contribution < 1.29 is 17.9 Å². The highest BCUT2D eigenvalue weighted by atomic mass is 79.9. The van der Waals surface area contributed by atoms with Crippen molar-refractivity contribution in [3.8, 4) is 0 Å². The Hall–Kier alpha value is 0.350. The summed E-state index contributed by atoms with van der Waals surface area (Å²) in [6.07, 6.45) is -0.229. The van der Waals surface area contributed by atoms with E-state index >= 15 is 0 Å². The third-order valence-electron chi connectivity index (χ3n) is 2.25. The number of halogens is 1. The Morgan fingerprint density at radius 1 is 1.31 bits per heavy atom. The van der Waals surface area contributed by atoms with E-state index in [-0.39, 0.29) is 22.4 Å². The van der Waals surface area contributed by atoms with E-state index < -0.39 is 9.84 Å². The van der Waals surface area contributed by atoms with Crippen LogP contribution in [-0.4, -0.2) is 50.7 Å². The van der Waals surface area contributed by atoms with Crippen molar-refractivity contribution in [2.45, 2.75) is 24.8 Å². The van der Waals surface area contributed by atoms with Gasteiger partial charge in [-0.3, -0.25) is 0 Å². The van der Waals surface area contributed by atoms with Crippen LogP contribution in [0.5, 0.6) is 0 Å². The lowest BCUT2D eigenvalue weighted by Gasteiger charge is -2.14. The highest BCUT2D eigenvalue weighted by Crippen LogP contribution is 2.22. The van der Waals surface area contributed by atoms with Crippen molar-refractivity contribution in [2.75, 3.05) is 31.3 Å². The topological polar surface area (TPSA) is 52.6 Å². The second-order valence-electron chi connectivity index (χ2n) is 4.47. The van der Waals surface area contributed by atoms with Crippen LogP contribution in [0.3, 0.4) is 0 Å². The molecule has 0 saturated carbocycles. The minimum atomic E-state index is -2.91. The minimum absolute atomic E-state index is 0.0809. The van der Waals surface area contributed by atoms with Crippen LogP contribution in [0.1, 0.15) is 13.8 Å². The largest absolute Gasteiger partial charge is 0.379 e. The summed E-state index contributed by atoms with van der Waals surface area (Å²) in [6, 6.07) is 0. The molecule has 0 spiro atoms. The summed E-state index contributed by atoms with van der Waals surface area (Å²) in [4.78, 5) is -0.0809. The molecule has 0 bridgehead atoms. The lowest BCUT2D eigenvalue weighted by molar-refractivity contribution is 0.0113. The second kappa shape index (κ2) is 6.33. The Morgan fingerprint density at radius 2 is 2.00 bits per heavy atom. The third-order valence-corrected chi connectivity index (χ3v) is 5.29. The normalized spacial score (nSPS) is 28.8. The van der Waals surface area contributed by atoms with Crippen LogP contribution < -0.4 is 0 Å². The molecule has 96 valence electrons. The predicted octanol–water partition coefficient (Wildman–Crippen LogP) is 1.24. The predicted molar refractivity (Wildman–Crippen MR) is 66.8 cm³/mol. The highest BCUT2D eigenvalue weighted by Gasteiger charge is 2.36. The maximum absolute atomic E-state index is 11.3. The Bertz CT molecular complexity index is 302. The van der Waals surface area contributed by atoms with Crippen LogP contribution in [0.25, 0.3) is 0 Å². The van der Waals surface area contributed by atoms with Crippen LogP contribution in [-0.2, 0) is 19.3 Å². The summed E-state index contributed by atoms with van der Waals surface area (Å²) in [7, 11) is -2.91. The van der Waals surface area contributed by atoms with Crippen molar-refractivity contribution in [2.24, 2.45) is 5.92 Å². The van der Waals surface area contributed by atoms with Gasteiger partial charge in [0.1, 0.15) is 0 Å². The van der Waals surface area contributed by atoms with Crippen molar-refractivity contribution in [3.05, 3.63) is 0 Å². The van der Waals surface area contributed by atoms with Gasteiger partial charge in [-0.25, -0.2) is 8.42 Å². The number of alkyl halides is 1. The zero-order chi connectivity index (χ0) is 12.2. The van der Waals surface area contributed by atoms with E-state index in [1.165, 1.54) is 0 Å². The molecule has 1 rings (SSSR count). The number of rotatable bonds is 6. The fourth-order valence-corrected chi connectivity index (χ4v) is 4.96. The molecule has 0 aromatic heterocycles. The summed E-state index contributed by atoms with van der Waals surface area (Å²) in [5.41, 5.74) is 0. The monoisotopic (exact) mass is 314 g/mol. The van der Waals surface area contributed by atoms with Gasteiger partial charge in [0.2, 0.25) is 0 Å². The van der Waals surface area contributed by atoms with Gasteiger partial charge in [-0.2, -0.15) is 0 Å². The second-order valence-corrected chi connectivity index (χ2v) is 7.80. The van der Waals surface area contributed by atoms with Gasteiger partial charge in [0, 0.05) is 6.61 Å². The summed E-state index contributed by atoms with van der Waals surface area (Å²) in [6.45, 7) is 5.85. The van der Waals surface area contributed by atoms with Gasteiger partial charge in [0.25, 0.3) is 0 Å². The van der Waals surface area contributed by atoms with Crippen LogP contribution in [0.15, 0.2) is 0 Å². The molecule has 0 amide bonds. The van der Waals surface area contributed by atoms with Crippen molar-refractivity contribution in [1.29, 1.82) is 0 Å². The Balaban J connectivity index is 2.14. The maximum Gasteiger partial charge on any atom is 0.154 e. The first-order valence-electron chi connectivity index (χ1n) is 5.44. The molecule has 1 heterocycles. The molecule has 0 radical (unpaired) electrons. The standard InChI is InChI=1S/C10H19BrO4S/c1-8(2)5-14-3-4-15-10-7-16(12,13)6-9(10)11/h8-10H,3-7H2,1-2H3. The van der Waals surface area contributed by atoms with Crippen LogP contribution in [0.4, 0.5) is 0 Å². The van der Waals surface area contributed by atoms with Gasteiger partial charge < -0.3 is 9.47 Å². The van der Waals surface area contributed by atoms with Crippen LogP contribution in [0.2, 0.25) is 0 Å². The minimum Gasteiger partial charge on any atom is -0.379 e. The number of hydrogen-bond acceptors (Lipinski definition) is 4. The molecule has 2 atom stereocenters. The summed E-state index contributed by atoms with van der Waals surface area (Å²) in [5.74, 6) is 0.799. The van der Waals surface area contributed by atoms with Crippen molar-refractivity contribution in [3.63, 3.8) is 0 Å². The molecule has 0 aliphatic carbocycles. The molecule has 1 fully saturated rings. The molecule has 0 aromatic rings. The molecule has 2 unspecified atom stereocenters. The van der Waals surface area contributed by atoms with Gasteiger partial charge in [0.05, 0.1) is 35.7 Å². The molecular formula is C10H19BrO4S. The molecule has 1 aliphatic heterocycles. The van der Waals surface area contributed by atoms with Gasteiger partial charge in [-0.05, 0) is 5.92 Å². The molecule has 0 aromatic carbocycles. The smallest absolute Gasteiger partial charge is 0.154 e. The van der Waals surface area contributed by atoms with Gasteiger partial charge in [0.15, 0.2) is 9.84 Å². The summed E-state index contributed by atoms with van der Waals surface area (Å²) >= 11 is 3.33. The van der Waals surface area contributed by atoms with E-state index in [4.69, 9.17) is 9.47 Å². The van der Waals surface area contributed by atoms with E-state index in [1.54, 1.807) is 0 Å². The van der Waals surface area contributed by atoms with E-state index in [9.17, 15) is 8.42 Å². The van der Waals surface area contributed by atoms with Gasteiger partial charge in [-0.1, -0.05) is 29.8 Å².